The van der Waals surface area contributed by atoms with Crippen molar-refractivity contribution >= 4 is 34.8 Å². The molecule has 1 aromatic carbocycles. The smallest absolute Gasteiger partial charge is 0.252 e. The number of hydrogen-bond donors (Lipinski definition) is 2. The second-order valence-electron chi connectivity index (χ2n) is 4.32. The molecule has 0 aliphatic rings. The van der Waals surface area contributed by atoms with Gasteiger partial charge in [-0.2, -0.15) is 0 Å². The fourth-order valence-corrected chi connectivity index (χ4v) is 2.22. The Morgan fingerprint density at radius 3 is 2.85 bits per heavy atom. The Balaban J connectivity index is 2.01. The van der Waals surface area contributed by atoms with Gasteiger partial charge in [-0.1, -0.05) is 23.2 Å². The van der Waals surface area contributed by atoms with Gasteiger partial charge in [0.25, 0.3) is 5.91 Å². The minimum atomic E-state index is -0.307. The van der Waals surface area contributed by atoms with Gasteiger partial charge in [-0.15, -0.1) is 0 Å². The summed E-state index contributed by atoms with van der Waals surface area (Å²) in [5.74, 6) is 0.584. The molecule has 0 fully saturated rings. The van der Waals surface area contributed by atoms with Crippen molar-refractivity contribution in [2.75, 3.05) is 12.3 Å². The zero-order valence-corrected chi connectivity index (χ0v) is 12.4. The van der Waals surface area contributed by atoms with Gasteiger partial charge in [0.1, 0.15) is 5.82 Å². The van der Waals surface area contributed by atoms with Gasteiger partial charge >= 0.3 is 0 Å². The van der Waals surface area contributed by atoms with Crippen molar-refractivity contribution in [1.29, 1.82) is 0 Å². The molecule has 20 heavy (non-hydrogen) atoms. The molecule has 0 spiro atoms. The summed E-state index contributed by atoms with van der Waals surface area (Å²) in [4.78, 5) is 16.2. The van der Waals surface area contributed by atoms with Gasteiger partial charge < -0.3 is 15.6 Å². The van der Waals surface area contributed by atoms with Crippen molar-refractivity contribution in [3.05, 3.63) is 46.0 Å². The van der Waals surface area contributed by atoms with Crippen LogP contribution >= 0.6 is 23.2 Å². The standard InChI is InChI=1S/C13H14Cl2N4O/c1-19-5-4-17-11(19)2-3-18-13(20)9-6-8(16)7-10(14)12(9)15/h4-7H,2-3,16H2,1H3,(H,18,20). The molecule has 0 unspecified atom stereocenters. The number of carbonyl (C=O) groups is 1. The third kappa shape index (κ3) is 3.23. The quantitative estimate of drug-likeness (QED) is 0.851. The molecule has 1 amide bonds. The van der Waals surface area contributed by atoms with Crippen molar-refractivity contribution in [1.82, 2.24) is 14.9 Å². The van der Waals surface area contributed by atoms with E-state index >= 15 is 0 Å². The first-order valence-corrected chi connectivity index (χ1v) is 6.73. The summed E-state index contributed by atoms with van der Waals surface area (Å²) in [6.07, 6.45) is 4.19. The van der Waals surface area contributed by atoms with E-state index in [1.807, 2.05) is 17.8 Å². The summed E-state index contributed by atoms with van der Waals surface area (Å²) in [5.41, 5.74) is 6.33. The van der Waals surface area contributed by atoms with E-state index in [2.05, 4.69) is 10.3 Å². The number of aryl methyl sites for hydroxylation is 1. The first-order valence-electron chi connectivity index (χ1n) is 5.98. The fraction of sp³-hybridized carbons (Fsp3) is 0.231. The highest BCUT2D eigenvalue weighted by atomic mass is 35.5. The van der Waals surface area contributed by atoms with E-state index in [4.69, 9.17) is 28.9 Å². The Kier molecular flexibility index (Phi) is 4.52. The topological polar surface area (TPSA) is 72.9 Å². The molecule has 7 heteroatoms. The van der Waals surface area contributed by atoms with Crippen LogP contribution in [0.2, 0.25) is 10.0 Å². The SMILES string of the molecule is Cn1ccnc1CCNC(=O)c1cc(N)cc(Cl)c1Cl. The number of aromatic nitrogens is 2. The van der Waals surface area contributed by atoms with Crippen LogP contribution in [0.25, 0.3) is 0 Å². The second-order valence-corrected chi connectivity index (χ2v) is 5.11. The van der Waals surface area contributed by atoms with E-state index in [1.165, 1.54) is 12.1 Å². The van der Waals surface area contributed by atoms with Crippen LogP contribution in [0, 0.1) is 0 Å². The van der Waals surface area contributed by atoms with Crippen LogP contribution in [0.1, 0.15) is 16.2 Å². The summed E-state index contributed by atoms with van der Waals surface area (Å²) in [6, 6.07) is 3.01. The third-order valence-electron chi connectivity index (χ3n) is 2.85. The molecule has 0 radical (unpaired) electrons. The monoisotopic (exact) mass is 312 g/mol. The van der Waals surface area contributed by atoms with E-state index in [0.717, 1.165) is 5.82 Å². The van der Waals surface area contributed by atoms with Gasteiger partial charge in [0.2, 0.25) is 0 Å². The number of rotatable bonds is 4. The summed E-state index contributed by atoms with van der Waals surface area (Å²) in [5, 5.41) is 3.24. The summed E-state index contributed by atoms with van der Waals surface area (Å²) < 4.78 is 1.90. The molecular weight excluding hydrogens is 299 g/mol. The molecule has 0 atom stereocenters. The van der Waals surface area contributed by atoms with Gasteiger partial charge in [-0.25, -0.2) is 4.98 Å². The first kappa shape index (κ1) is 14.7. The number of imidazole rings is 1. The van der Waals surface area contributed by atoms with Gasteiger partial charge in [0, 0.05) is 38.1 Å². The molecule has 1 heterocycles. The highest BCUT2D eigenvalue weighted by Gasteiger charge is 2.14. The van der Waals surface area contributed by atoms with E-state index < -0.39 is 0 Å². The van der Waals surface area contributed by atoms with Crippen molar-refractivity contribution in [3.8, 4) is 0 Å². The number of nitrogens with two attached hydrogens (primary N) is 1. The third-order valence-corrected chi connectivity index (χ3v) is 3.65. The van der Waals surface area contributed by atoms with Gasteiger partial charge in [0.15, 0.2) is 0 Å². The van der Waals surface area contributed by atoms with Crippen molar-refractivity contribution in [2.45, 2.75) is 6.42 Å². The number of carbonyl (C=O) groups excluding carboxylic acids is 1. The lowest BCUT2D eigenvalue weighted by Crippen LogP contribution is -2.26. The maximum absolute atomic E-state index is 12.0. The van der Waals surface area contributed by atoms with Crippen molar-refractivity contribution in [3.63, 3.8) is 0 Å². The number of benzene rings is 1. The maximum Gasteiger partial charge on any atom is 0.252 e. The maximum atomic E-state index is 12.0. The van der Waals surface area contributed by atoms with E-state index in [9.17, 15) is 4.79 Å². The molecule has 106 valence electrons. The lowest BCUT2D eigenvalue weighted by molar-refractivity contribution is 0.0954. The van der Waals surface area contributed by atoms with E-state index in [-0.39, 0.29) is 21.5 Å². The minimum Gasteiger partial charge on any atom is -0.399 e. The van der Waals surface area contributed by atoms with Crippen LogP contribution in [-0.2, 0) is 13.5 Å². The van der Waals surface area contributed by atoms with Crippen LogP contribution in [-0.4, -0.2) is 22.0 Å². The van der Waals surface area contributed by atoms with Crippen LogP contribution < -0.4 is 11.1 Å². The van der Waals surface area contributed by atoms with Gasteiger partial charge in [-0.05, 0) is 12.1 Å². The highest BCUT2D eigenvalue weighted by molar-refractivity contribution is 6.44. The Labute approximate surface area is 126 Å². The number of anilines is 1. The average Bonchev–Trinajstić information content (AvgIpc) is 2.79. The molecular formula is C13H14Cl2N4O. The van der Waals surface area contributed by atoms with Crippen molar-refractivity contribution < 1.29 is 4.79 Å². The predicted octanol–water partition coefficient (Wildman–Crippen LogP) is 2.28. The molecule has 1 aromatic heterocycles. The first-order chi connectivity index (χ1) is 9.49. The van der Waals surface area contributed by atoms with Crippen LogP contribution in [0.4, 0.5) is 5.69 Å². The number of halogens is 2. The summed E-state index contributed by atoms with van der Waals surface area (Å²) in [7, 11) is 1.90. The number of nitrogen functional groups attached to an aromatic ring is 1. The number of nitrogens with one attached hydrogen (secondary N) is 1. The lowest BCUT2D eigenvalue weighted by Gasteiger charge is -2.09. The fourth-order valence-electron chi connectivity index (χ4n) is 1.80. The zero-order chi connectivity index (χ0) is 14.7. The van der Waals surface area contributed by atoms with Crippen LogP contribution in [0.3, 0.4) is 0 Å². The highest BCUT2D eigenvalue weighted by Crippen LogP contribution is 2.28. The van der Waals surface area contributed by atoms with Crippen molar-refractivity contribution in [2.24, 2.45) is 7.05 Å². The molecule has 2 rings (SSSR count). The number of nitrogens with zero attached hydrogens (tertiary/aromatic N) is 2. The van der Waals surface area contributed by atoms with E-state index in [1.54, 1.807) is 6.20 Å². The minimum absolute atomic E-state index is 0.204. The molecule has 2 aromatic rings. The van der Waals surface area contributed by atoms with Crippen LogP contribution in [0.15, 0.2) is 24.5 Å². The molecule has 0 aliphatic carbocycles. The zero-order valence-electron chi connectivity index (χ0n) is 10.9. The average molecular weight is 313 g/mol. The Bertz CT molecular complexity index is 639. The molecule has 0 bridgehead atoms. The normalized spacial score (nSPS) is 10.6. The van der Waals surface area contributed by atoms with Crippen LogP contribution in [0.5, 0.6) is 0 Å². The molecule has 3 N–H and O–H groups in total. The molecule has 0 saturated carbocycles. The number of hydrogen-bond acceptors (Lipinski definition) is 3. The largest absolute Gasteiger partial charge is 0.399 e. The Morgan fingerprint density at radius 2 is 2.20 bits per heavy atom. The summed E-state index contributed by atoms with van der Waals surface area (Å²) >= 11 is 11.9. The van der Waals surface area contributed by atoms with Gasteiger partial charge in [-0.3, -0.25) is 4.79 Å². The molecule has 0 aliphatic heterocycles. The lowest BCUT2D eigenvalue weighted by atomic mass is 10.2. The second kappa shape index (κ2) is 6.15. The summed E-state index contributed by atoms with van der Waals surface area (Å²) in [6.45, 7) is 0.451. The molecule has 0 saturated heterocycles. The molecule has 5 nitrogen and oxygen atoms in total. The number of amides is 1. The Hall–Kier alpha value is -1.72. The van der Waals surface area contributed by atoms with Gasteiger partial charge in [0.05, 0.1) is 15.6 Å². The van der Waals surface area contributed by atoms with E-state index in [0.29, 0.717) is 18.7 Å². The Morgan fingerprint density at radius 1 is 1.45 bits per heavy atom. The predicted molar refractivity (Wildman–Crippen MR) is 80.1 cm³/mol.